The first-order valence-electron chi connectivity index (χ1n) is 7.11. The maximum absolute atomic E-state index is 11.2. The van der Waals surface area contributed by atoms with Crippen LogP contribution in [0.2, 0.25) is 0 Å². The van der Waals surface area contributed by atoms with E-state index in [1.54, 1.807) is 0 Å². The molecule has 2 rings (SSSR count). The maximum Gasteiger partial charge on any atom is 0.305 e. The summed E-state index contributed by atoms with van der Waals surface area (Å²) in [6.45, 7) is 6.20. The minimum absolute atomic E-state index is 0.0263. The van der Waals surface area contributed by atoms with Crippen LogP contribution in [0.25, 0.3) is 0 Å². The van der Waals surface area contributed by atoms with E-state index in [2.05, 4.69) is 36.9 Å². The molecule has 0 radical (unpaired) electrons. The first kappa shape index (κ1) is 14.1. The van der Waals surface area contributed by atoms with Gasteiger partial charge in [0.25, 0.3) is 0 Å². The van der Waals surface area contributed by atoms with Crippen molar-refractivity contribution in [3.63, 3.8) is 0 Å². The Balaban J connectivity index is 2.27. The van der Waals surface area contributed by atoms with Crippen molar-refractivity contribution in [1.29, 1.82) is 0 Å². The smallest absolute Gasteiger partial charge is 0.305 e. The van der Waals surface area contributed by atoms with E-state index < -0.39 is 5.97 Å². The normalized spacial score (nSPS) is 18.2. The Hall–Kier alpha value is -1.35. The summed E-state index contributed by atoms with van der Waals surface area (Å²) in [6.07, 6.45) is 3.83. The number of nitrogens with zero attached hydrogens (tertiary/aromatic N) is 1. The highest BCUT2D eigenvalue weighted by molar-refractivity contribution is 5.68. The van der Waals surface area contributed by atoms with E-state index in [-0.39, 0.29) is 12.5 Å². The van der Waals surface area contributed by atoms with E-state index in [1.807, 2.05) is 0 Å². The van der Waals surface area contributed by atoms with Gasteiger partial charge in [-0.05, 0) is 50.9 Å². The molecule has 1 aliphatic rings. The van der Waals surface area contributed by atoms with Gasteiger partial charge >= 0.3 is 5.97 Å². The number of carboxylic acids is 1. The lowest BCUT2D eigenvalue weighted by Gasteiger charge is -2.35. The second-order valence-electron chi connectivity index (χ2n) is 5.57. The van der Waals surface area contributed by atoms with Gasteiger partial charge in [0.2, 0.25) is 0 Å². The Kier molecular flexibility index (Phi) is 4.59. The van der Waals surface area contributed by atoms with Crippen molar-refractivity contribution in [2.75, 3.05) is 13.1 Å². The molecule has 0 amide bonds. The Labute approximate surface area is 115 Å². The van der Waals surface area contributed by atoms with Gasteiger partial charge in [0.1, 0.15) is 0 Å². The fourth-order valence-corrected chi connectivity index (χ4v) is 3.03. The number of likely N-dealkylation sites (tertiary alicyclic amines) is 1. The van der Waals surface area contributed by atoms with Gasteiger partial charge in [-0.15, -0.1) is 0 Å². The summed E-state index contributed by atoms with van der Waals surface area (Å²) < 4.78 is 0. The first-order chi connectivity index (χ1) is 9.08. The van der Waals surface area contributed by atoms with Crippen LogP contribution in [-0.2, 0) is 4.79 Å². The summed E-state index contributed by atoms with van der Waals surface area (Å²) in [5.74, 6) is -0.712. The Morgan fingerprint density at radius 1 is 1.26 bits per heavy atom. The molecule has 1 aliphatic heterocycles. The lowest BCUT2D eigenvalue weighted by Crippen LogP contribution is -2.35. The predicted octanol–water partition coefficient (Wildman–Crippen LogP) is 3.31. The summed E-state index contributed by atoms with van der Waals surface area (Å²) in [5.41, 5.74) is 3.61. The fraction of sp³-hybridized carbons (Fsp3) is 0.562. The molecular weight excluding hydrogens is 238 g/mol. The van der Waals surface area contributed by atoms with Gasteiger partial charge in [-0.2, -0.15) is 0 Å². The molecule has 1 heterocycles. The fourth-order valence-electron chi connectivity index (χ4n) is 3.03. The summed E-state index contributed by atoms with van der Waals surface area (Å²) in [7, 11) is 0. The summed E-state index contributed by atoms with van der Waals surface area (Å²) >= 11 is 0. The Morgan fingerprint density at radius 2 is 1.95 bits per heavy atom. The van der Waals surface area contributed by atoms with Crippen molar-refractivity contribution in [1.82, 2.24) is 4.90 Å². The molecule has 0 saturated carbocycles. The topological polar surface area (TPSA) is 40.5 Å². The standard InChI is InChI=1S/C16H23NO2/c1-12-6-7-14(13(2)10-12)15(11-16(18)19)17-8-4-3-5-9-17/h6-7,10,15H,3-5,8-9,11H2,1-2H3,(H,18,19). The number of aryl methyl sites for hydroxylation is 2. The molecule has 104 valence electrons. The number of rotatable bonds is 4. The number of hydrogen-bond acceptors (Lipinski definition) is 2. The molecule has 1 unspecified atom stereocenters. The van der Waals surface area contributed by atoms with Crippen LogP contribution in [0.3, 0.4) is 0 Å². The van der Waals surface area contributed by atoms with E-state index in [4.69, 9.17) is 0 Å². The van der Waals surface area contributed by atoms with E-state index in [9.17, 15) is 9.90 Å². The highest BCUT2D eigenvalue weighted by Gasteiger charge is 2.25. The number of piperidine rings is 1. The van der Waals surface area contributed by atoms with Crippen LogP contribution in [0, 0.1) is 13.8 Å². The summed E-state index contributed by atoms with van der Waals surface area (Å²) in [4.78, 5) is 13.5. The average Bonchev–Trinajstić information content (AvgIpc) is 2.37. The van der Waals surface area contributed by atoms with Gasteiger partial charge in [-0.1, -0.05) is 30.2 Å². The molecule has 0 bridgehead atoms. The van der Waals surface area contributed by atoms with Crippen LogP contribution in [-0.4, -0.2) is 29.1 Å². The number of carboxylic acid groups (broad SMARTS) is 1. The molecule has 19 heavy (non-hydrogen) atoms. The van der Waals surface area contributed by atoms with Crippen molar-refractivity contribution < 1.29 is 9.90 Å². The van der Waals surface area contributed by atoms with Crippen molar-refractivity contribution in [3.05, 3.63) is 34.9 Å². The third-order valence-corrected chi connectivity index (χ3v) is 3.98. The van der Waals surface area contributed by atoms with Crippen LogP contribution < -0.4 is 0 Å². The van der Waals surface area contributed by atoms with E-state index in [0.29, 0.717) is 0 Å². The largest absolute Gasteiger partial charge is 0.481 e. The molecule has 1 atom stereocenters. The van der Waals surface area contributed by atoms with Crippen LogP contribution >= 0.6 is 0 Å². The minimum Gasteiger partial charge on any atom is -0.481 e. The highest BCUT2D eigenvalue weighted by atomic mass is 16.4. The monoisotopic (exact) mass is 261 g/mol. The molecule has 3 heteroatoms. The first-order valence-corrected chi connectivity index (χ1v) is 7.11. The molecule has 0 spiro atoms. The second kappa shape index (κ2) is 6.20. The van der Waals surface area contributed by atoms with Gasteiger partial charge in [-0.25, -0.2) is 0 Å². The highest BCUT2D eigenvalue weighted by Crippen LogP contribution is 2.30. The molecule has 1 N–H and O–H groups in total. The van der Waals surface area contributed by atoms with Crippen LogP contribution in [0.5, 0.6) is 0 Å². The number of hydrogen-bond donors (Lipinski definition) is 1. The molecule has 1 aromatic carbocycles. The lowest BCUT2D eigenvalue weighted by atomic mass is 9.94. The van der Waals surface area contributed by atoms with Crippen molar-refractivity contribution in [3.8, 4) is 0 Å². The zero-order valence-electron chi connectivity index (χ0n) is 11.9. The van der Waals surface area contributed by atoms with Crippen LogP contribution in [0.15, 0.2) is 18.2 Å². The van der Waals surface area contributed by atoms with E-state index in [1.165, 1.54) is 36.0 Å². The number of carbonyl (C=O) groups is 1. The van der Waals surface area contributed by atoms with Gasteiger partial charge in [0, 0.05) is 6.04 Å². The third kappa shape index (κ3) is 3.57. The molecule has 1 fully saturated rings. The van der Waals surface area contributed by atoms with Gasteiger partial charge in [0.15, 0.2) is 0 Å². The van der Waals surface area contributed by atoms with Crippen molar-refractivity contribution in [2.45, 2.75) is 45.6 Å². The molecule has 0 aliphatic carbocycles. The molecule has 3 nitrogen and oxygen atoms in total. The SMILES string of the molecule is Cc1ccc(C(CC(=O)O)N2CCCCC2)c(C)c1. The average molecular weight is 261 g/mol. The van der Waals surface area contributed by atoms with Gasteiger partial charge < -0.3 is 5.11 Å². The van der Waals surface area contributed by atoms with Crippen molar-refractivity contribution >= 4 is 5.97 Å². The lowest BCUT2D eigenvalue weighted by molar-refractivity contribution is -0.138. The third-order valence-electron chi connectivity index (χ3n) is 3.98. The van der Waals surface area contributed by atoms with Crippen LogP contribution in [0.4, 0.5) is 0 Å². The Morgan fingerprint density at radius 3 is 2.53 bits per heavy atom. The maximum atomic E-state index is 11.2. The predicted molar refractivity (Wildman–Crippen MR) is 76.3 cm³/mol. The minimum atomic E-state index is -0.712. The zero-order valence-corrected chi connectivity index (χ0v) is 11.9. The molecule has 1 aromatic rings. The van der Waals surface area contributed by atoms with Crippen LogP contribution in [0.1, 0.15) is 48.4 Å². The van der Waals surface area contributed by atoms with Gasteiger partial charge in [-0.3, -0.25) is 9.69 Å². The zero-order chi connectivity index (χ0) is 13.8. The van der Waals surface area contributed by atoms with Gasteiger partial charge in [0.05, 0.1) is 6.42 Å². The quantitative estimate of drug-likeness (QED) is 0.904. The summed E-state index contributed by atoms with van der Waals surface area (Å²) in [6, 6.07) is 6.36. The van der Waals surface area contributed by atoms with E-state index in [0.717, 1.165) is 13.1 Å². The molecule has 0 aromatic heterocycles. The van der Waals surface area contributed by atoms with E-state index >= 15 is 0 Å². The number of benzene rings is 1. The van der Waals surface area contributed by atoms with Crippen molar-refractivity contribution in [2.24, 2.45) is 0 Å². The number of aliphatic carboxylic acids is 1. The molecule has 1 saturated heterocycles. The Bertz CT molecular complexity index is 450. The second-order valence-corrected chi connectivity index (χ2v) is 5.57. The summed E-state index contributed by atoms with van der Waals surface area (Å²) in [5, 5.41) is 9.19. The molecular formula is C16H23NO2.